The number of amides is 1. The van der Waals surface area contributed by atoms with Crippen LogP contribution in [0.4, 0.5) is 5.69 Å². The first-order chi connectivity index (χ1) is 12.3. The number of benzene rings is 2. The van der Waals surface area contributed by atoms with Crippen LogP contribution in [0.2, 0.25) is 0 Å². The molecule has 26 heavy (non-hydrogen) atoms. The van der Waals surface area contributed by atoms with Crippen LogP contribution in [-0.4, -0.2) is 34.6 Å². The molecule has 0 fully saturated rings. The molecule has 0 saturated carbocycles. The average Bonchev–Trinajstić information content (AvgIpc) is 2.61. The van der Waals surface area contributed by atoms with Gasteiger partial charge in [-0.3, -0.25) is 4.79 Å². The molecule has 0 spiro atoms. The van der Waals surface area contributed by atoms with Crippen LogP contribution >= 0.6 is 0 Å². The normalized spacial score (nSPS) is 12.3. The maximum absolute atomic E-state index is 12.5. The van der Waals surface area contributed by atoms with Crippen LogP contribution < -0.4 is 19.5 Å². The van der Waals surface area contributed by atoms with Crippen molar-refractivity contribution in [3.63, 3.8) is 0 Å². The molecule has 0 heterocycles. The minimum absolute atomic E-state index is 0.0665. The van der Waals surface area contributed by atoms with Gasteiger partial charge in [0.1, 0.15) is 11.5 Å². The van der Waals surface area contributed by atoms with Crippen LogP contribution in [0.25, 0.3) is 0 Å². The molecule has 0 aliphatic carbocycles. The van der Waals surface area contributed by atoms with Crippen molar-refractivity contribution in [1.29, 1.82) is 0 Å². The Kier molecular flexibility index (Phi) is 6.23. The SMILES string of the molecule is COc1cccc(NC(=O)[C@@H](C)NS(=O)(=O)c2ccc(OC)c(C)c2)c1. The Labute approximate surface area is 153 Å². The minimum Gasteiger partial charge on any atom is -0.497 e. The van der Waals surface area contributed by atoms with E-state index in [-0.39, 0.29) is 4.90 Å². The molecule has 0 bridgehead atoms. The van der Waals surface area contributed by atoms with Crippen molar-refractivity contribution in [2.24, 2.45) is 0 Å². The highest BCUT2D eigenvalue weighted by Gasteiger charge is 2.22. The molecular weight excluding hydrogens is 356 g/mol. The molecule has 0 aliphatic heterocycles. The molecule has 2 aromatic carbocycles. The van der Waals surface area contributed by atoms with Crippen molar-refractivity contribution < 1.29 is 22.7 Å². The standard InChI is InChI=1S/C18H22N2O5S/c1-12-10-16(8-9-17(12)25-4)26(22,23)20-13(2)18(21)19-14-6-5-7-15(11-14)24-3/h5-11,13,20H,1-4H3,(H,19,21)/t13-/m1/s1. The lowest BCUT2D eigenvalue weighted by Gasteiger charge is -2.15. The summed E-state index contributed by atoms with van der Waals surface area (Å²) in [5.41, 5.74) is 1.20. The molecule has 2 aromatic rings. The summed E-state index contributed by atoms with van der Waals surface area (Å²) in [5, 5.41) is 2.65. The molecule has 7 nitrogen and oxygen atoms in total. The van der Waals surface area contributed by atoms with Crippen LogP contribution in [0.15, 0.2) is 47.4 Å². The Bertz CT molecular complexity index is 896. The fourth-order valence-electron chi connectivity index (χ4n) is 2.32. The lowest BCUT2D eigenvalue weighted by atomic mass is 10.2. The zero-order chi connectivity index (χ0) is 19.3. The van der Waals surface area contributed by atoms with Crippen molar-refractivity contribution in [2.45, 2.75) is 24.8 Å². The number of carbonyl (C=O) groups excluding carboxylic acids is 1. The second kappa shape index (κ2) is 8.20. The van der Waals surface area contributed by atoms with Gasteiger partial charge in [0.25, 0.3) is 0 Å². The second-order valence-corrected chi connectivity index (χ2v) is 7.41. The molecule has 1 amide bonds. The number of methoxy groups -OCH3 is 2. The molecular formula is C18H22N2O5S. The molecule has 0 aliphatic rings. The van der Waals surface area contributed by atoms with Gasteiger partial charge in [0.15, 0.2) is 0 Å². The molecule has 2 N–H and O–H groups in total. The van der Waals surface area contributed by atoms with E-state index in [2.05, 4.69) is 10.0 Å². The summed E-state index contributed by atoms with van der Waals surface area (Å²) in [6.07, 6.45) is 0. The average molecular weight is 378 g/mol. The summed E-state index contributed by atoms with van der Waals surface area (Å²) in [4.78, 5) is 12.4. The third-order valence-corrected chi connectivity index (χ3v) is 5.28. The van der Waals surface area contributed by atoms with E-state index in [1.54, 1.807) is 37.3 Å². The van der Waals surface area contributed by atoms with E-state index in [0.717, 1.165) is 0 Å². The van der Waals surface area contributed by atoms with Gasteiger partial charge in [-0.15, -0.1) is 0 Å². The lowest BCUT2D eigenvalue weighted by molar-refractivity contribution is -0.117. The summed E-state index contributed by atoms with van der Waals surface area (Å²) >= 11 is 0. The first-order valence-electron chi connectivity index (χ1n) is 7.88. The van der Waals surface area contributed by atoms with Gasteiger partial charge >= 0.3 is 0 Å². The zero-order valence-corrected chi connectivity index (χ0v) is 15.9. The molecule has 8 heteroatoms. The Morgan fingerprint density at radius 3 is 2.42 bits per heavy atom. The number of aryl methyl sites for hydroxylation is 1. The van der Waals surface area contributed by atoms with Crippen LogP contribution in [-0.2, 0) is 14.8 Å². The van der Waals surface area contributed by atoms with E-state index in [0.29, 0.717) is 22.7 Å². The van der Waals surface area contributed by atoms with E-state index in [1.165, 1.54) is 33.3 Å². The van der Waals surface area contributed by atoms with Crippen molar-refractivity contribution in [3.05, 3.63) is 48.0 Å². The number of hydrogen-bond donors (Lipinski definition) is 2. The van der Waals surface area contributed by atoms with Crippen LogP contribution in [0.3, 0.4) is 0 Å². The van der Waals surface area contributed by atoms with Gasteiger partial charge in [-0.25, -0.2) is 8.42 Å². The number of nitrogens with one attached hydrogen (secondary N) is 2. The smallest absolute Gasteiger partial charge is 0.242 e. The molecule has 0 saturated heterocycles. The highest BCUT2D eigenvalue weighted by atomic mass is 32.2. The Morgan fingerprint density at radius 1 is 1.08 bits per heavy atom. The predicted octanol–water partition coefficient (Wildman–Crippen LogP) is 2.32. The quantitative estimate of drug-likeness (QED) is 0.771. The first-order valence-corrected chi connectivity index (χ1v) is 9.37. The van der Waals surface area contributed by atoms with Crippen LogP contribution in [0, 0.1) is 6.92 Å². The maximum atomic E-state index is 12.5. The fraction of sp³-hybridized carbons (Fsp3) is 0.278. The van der Waals surface area contributed by atoms with E-state index in [1.807, 2.05) is 0 Å². The van der Waals surface area contributed by atoms with Crippen LogP contribution in [0.1, 0.15) is 12.5 Å². The van der Waals surface area contributed by atoms with Gasteiger partial charge in [-0.1, -0.05) is 6.07 Å². The fourth-order valence-corrected chi connectivity index (χ4v) is 3.61. The van der Waals surface area contributed by atoms with Gasteiger partial charge in [0.05, 0.1) is 25.2 Å². The van der Waals surface area contributed by atoms with E-state index < -0.39 is 22.0 Å². The summed E-state index contributed by atoms with van der Waals surface area (Å²) < 4.78 is 37.6. The van der Waals surface area contributed by atoms with Gasteiger partial charge < -0.3 is 14.8 Å². The van der Waals surface area contributed by atoms with E-state index in [4.69, 9.17) is 9.47 Å². The number of anilines is 1. The molecule has 0 unspecified atom stereocenters. The highest BCUT2D eigenvalue weighted by Crippen LogP contribution is 2.21. The predicted molar refractivity (Wildman–Crippen MR) is 99.1 cm³/mol. The third kappa shape index (κ3) is 4.74. The Morgan fingerprint density at radius 2 is 1.81 bits per heavy atom. The summed E-state index contributed by atoms with van der Waals surface area (Å²) in [6, 6.07) is 10.3. The zero-order valence-electron chi connectivity index (χ0n) is 15.1. The minimum atomic E-state index is -3.85. The van der Waals surface area contributed by atoms with Crippen molar-refractivity contribution in [1.82, 2.24) is 4.72 Å². The number of ether oxygens (including phenoxy) is 2. The summed E-state index contributed by atoms with van der Waals surface area (Å²) in [6.45, 7) is 3.22. The van der Waals surface area contributed by atoms with Gasteiger partial charge in [0.2, 0.25) is 15.9 Å². The number of sulfonamides is 1. The number of hydrogen-bond acceptors (Lipinski definition) is 5. The lowest BCUT2D eigenvalue weighted by Crippen LogP contribution is -2.41. The third-order valence-electron chi connectivity index (χ3n) is 3.74. The van der Waals surface area contributed by atoms with Crippen molar-refractivity contribution in [3.8, 4) is 11.5 Å². The highest BCUT2D eigenvalue weighted by molar-refractivity contribution is 7.89. The number of rotatable bonds is 7. The summed E-state index contributed by atoms with van der Waals surface area (Å²) in [7, 11) is -0.812. The second-order valence-electron chi connectivity index (χ2n) is 5.70. The largest absolute Gasteiger partial charge is 0.497 e. The topological polar surface area (TPSA) is 93.7 Å². The van der Waals surface area contributed by atoms with E-state index >= 15 is 0 Å². The summed E-state index contributed by atoms with van der Waals surface area (Å²) in [5.74, 6) is 0.699. The molecule has 140 valence electrons. The maximum Gasteiger partial charge on any atom is 0.242 e. The molecule has 1 atom stereocenters. The monoisotopic (exact) mass is 378 g/mol. The van der Waals surface area contributed by atoms with Crippen molar-refractivity contribution in [2.75, 3.05) is 19.5 Å². The number of carbonyl (C=O) groups is 1. The van der Waals surface area contributed by atoms with Gasteiger partial charge in [0, 0.05) is 11.8 Å². The van der Waals surface area contributed by atoms with Gasteiger partial charge in [-0.05, 0) is 49.7 Å². The molecule has 0 radical (unpaired) electrons. The molecule has 2 rings (SSSR count). The van der Waals surface area contributed by atoms with Gasteiger partial charge in [-0.2, -0.15) is 4.72 Å². The first kappa shape index (κ1) is 19.7. The Hall–Kier alpha value is -2.58. The van der Waals surface area contributed by atoms with E-state index in [9.17, 15) is 13.2 Å². The van der Waals surface area contributed by atoms with Crippen molar-refractivity contribution >= 4 is 21.6 Å². The Balaban J connectivity index is 2.10. The molecule has 0 aromatic heterocycles. The van der Waals surface area contributed by atoms with Crippen LogP contribution in [0.5, 0.6) is 11.5 Å².